The van der Waals surface area contributed by atoms with Crippen LogP contribution >= 0.6 is 0 Å². The number of hydroxylamine groups is 4. The van der Waals surface area contributed by atoms with Crippen LogP contribution in [0.5, 0.6) is 5.75 Å². The zero-order valence-electron chi connectivity index (χ0n) is 21.8. The van der Waals surface area contributed by atoms with Gasteiger partial charge in [-0.1, -0.05) is 17.4 Å². The molecule has 0 aliphatic carbocycles. The fourth-order valence-electron chi connectivity index (χ4n) is 3.98. The van der Waals surface area contributed by atoms with Crippen LogP contribution < -0.4 is 4.74 Å². The predicted octanol–water partition coefficient (Wildman–Crippen LogP) is 3.42. The van der Waals surface area contributed by atoms with E-state index in [2.05, 4.69) is 0 Å². The monoisotopic (exact) mass is 509 g/mol. The van der Waals surface area contributed by atoms with Crippen LogP contribution in [0.15, 0.2) is 24.3 Å². The highest BCUT2D eigenvalue weighted by Gasteiger charge is 2.34. The molecule has 1 saturated heterocycles. The minimum Gasteiger partial charge on any atom is -0.494 e. The molecule has 1 fully saturated rings. The number of hydrogen-bond acceptors (Lipinski definition) is 9. The van der Waals surface area contributed by atoms with Gasteiger partial charge in [-0.15, -0.1) is 5.06 Å². The molecule has 1 unspecified atom stereocenters. The van der Waals surface area contributed by atoms with Gasteiger partial charge in [0.1, 0.15) is 11.4 Å². The number of amides is 2. The van der Waals surface area contributed by atoms with Crippen molar-refractivity contribution in [1.29, 1.82) is 0 Å². The Morgan fingerprint density at radius 2 is 1.81 bits per heavy atom. The first-order chi connectivity index (χ1) is 16.9. The summed E-state index contributed by atoms with van der Waals surface area (Å²) >= 11 is 0. The molecule has 11 heteroatoms. The topological polar surface area (TPSA) is 129 Å². The van der Waals surface area contributed by atoms with Gasteiger partial charge in [0.05, 0.1) is 19.2 Å². The average molecular weight is 510 g/mol. The van der Waals surface area contributed by atoms with Crippen molar-refractivity contribution in [1.82, 2.24) is 15.2 Å². The minimum atomic E-state index is -0.950. The first-order valence-electron chi connectivity index (χ1n) is 12.3. The van der Waals surface area contributed by atoms with Gasteiger partial charge in [0.15, 0.2) is 0 Å². The smallest absolute Gasteiger partial charge is 0.494 e. The summed E-state index contributed by atoms with van der Waals surface area (Å²) in [6, 6.07) is 7.41. The molecule has 2 rings (SSSR count). The Morgan fingerprint density at radius 3 is 2.36 bits per heavy atom. The van der Waals surface area contributed by atoms with Gasteiger partial charge in [0, 0.05) is 25.4 Å². The maximum absolute atomic E-state index is 13.3. The van der Waals surface area contributed by atoms with Gasteiger partial charge in [0.25, 0.3) is 5.91 Å². The summed E-state index contributed by atoms with van der Waals surface area (Å²) in [5.74, 6) is -1.13. The molecule has 0 bridgehead atoms. The fraction of sp³-hybridized carbons (Fsp3) is 0.640. The summed E-state index contributed by atoms with van der Waals surface area (Å²) in [6.45, 7) is 10.4. The summed E-state index contributed by atoms with van der Waals surface area (Å²) in [6.07, 6.45) is 0.594. The molecule has 11 nitrogen and oxygen atoms in total. The lowest BCUT2D eigenvalue weighted by atomic mass is 9.94. The Labute approximate surface area is 212 Å². The summed E-state index contributed by atoms with van der Waals surface area (Å²) in [7, 11) is 0. The molecule has 0 aromatic heterocycles. The van der Waals surface area contributed by atoms with Crippen LogP contribution in [-0.2, 0) is 25.6 Å². The lowest BCUT2D eigenvalue weighted by Gasteiger charge is -2.39. The molecule has 36 heavy (non-hydrogen) atoms. The Balaban J connectivity index is 1.96. The highest BCUT2D eigenvalue weighted by atomic mass is 16.8. The number of hydrogen-bond donors (Lipinski definition) is 2. The standard InChI is InChI=1S/C25H39N3O8/c1-6-34-21-12-10-19(11-13-21)8-7-9-20(16-22(29)28(32)33)23(30)26-14-15-27(18(2)17-26)36-24(31)35-25(3,4)5/h10-13,18,20,32-33H,6-9,14-17H2,1-5H3/t18-,20?/m1/s1. The molecular weight excluding hydrogens is 470 g/mol. The van der Waals surface area contributed by atoms with E-state index in [0.29, 0.717) is 25.9 Å². The summed E-state index contributed by atoms with van der Waals surface area (Å²) < 4.78 is 10.6. The van der Waals surface area contributed by atoms with Gasteiger partial charge in [-0.2, -0.15) is 0 Å². The predicted molar refractivity (Wildman–Crippen MR) is 129 cm³/mol. The number of ether oxygens (including phenoxy) is 2. The van der Waals surface area contributed by atoms with Crippen LogP contribution in [-0.4, -0.2) is 81.5 Å². The van der Waals surface area contributed by atoms with Crippen LogP contribution in [0.2, 0.25) is 0 Å². The van der Waals surface area contributed by atoms with Crippen LogP contribution in [0.25, 0.3) is 0 Å². The van der Waals surface area contributed by atoms with E-state index in [1.807, 2.05) is 38.1 Å². The molecule has 1 aliphatic heterocycles. The summed E-state index contributed by atoms with van der Waals surface area (Å²) in [5, 5.41) is 19.2. The maximum Gasteiger partial charge on any atom is 0.528 e. The Morgan fingerprint density at radius 1 is 1.14 bits per heavy atom. The van der Waals surface area contributed by atoms with E-state index >= 15 is 0 Å². The van der Waals surface area contributed by atoms with E-state index in [-0.39, 0.29) is 38.0 Å². The second-order valence-electron chi connectivity index (χ2n) is 9.88. The SMILES string of the molecule is CCOc1ccc(CCCC(CC(=O)N(O)O)C(=O)N2CCN(OC(=O)OC(C)(C)C)[C@H](C)C2)cc1. The van der Waals surface area contributed by atoms with Crippen LogP contribution in [0, 0.1) is 5.92 Å². The average Bonchev–Trinajstić information content (AvgIpc) is 2.79. The number of rotatable bonds is 10. The van der Waals surface area contributed by atoms with Crippen molar-refractivity contribution in [2.45, 2.75) is 71.9 Å². The van der Waals surface area contributed by atoms with Crippen molar-refractivity contribution in [3.05, 3.63) is 29.8 Å². The first-order valence-corrected chi connectivity index (χ1v) is 12.3. The van der Waals surface area contributed by atoms with Crippen molar-refractivity contribution < 1.29 is 39.1 Å². The molecule has 0 spiro atoms. The van der Waals surface area contributed by atoms with Crippen molar-refractivity contribution >= 4 is 18.0 Å². The number of carbonyl (C=O) groups is 3. The lowest BCUT2D eigenvalue weighted by Crippen LogP contribution is -2.55. The van der Waals surface area contributed by atoms with E-state index < -0.39 is 28.8 Å². The first kappa shape index (κ1) is 29.3. The van der Waals surface area contributed by atoms with Gasteiger partial charge in [-0.25, -0.2) is 4.79 Å². The Kier molecular flexibility index (Phi) is 10.9. The van der Waals surface area contributed by atoms with Crippen LogP contribution in [0.1, 0.15) is 59.4 Å². The zero-order chi connectivity index (χ0) is 26.9. The molecule has 0 saturated carbocycles. The number of benzene rings is 1. The number of piperazine rings is 1. The summed E-state index contributed by atoms with van der Waals surface area (Å²) in [5.41, 5.74) is 0.389. The van der Waals surface area contributed by atoms with E-state index in [1.54, 1.807) is 25.7 Å². The molecule has 2 atom stereocenters. The van der Waals surface area contributed by atoms with E-state index in [1.165, 1.54) is 5.06 Å². The van der Waals surface area contributed by atoms with Gasteiger partial charge < -0.3 is 19.2 Å². The van der Waals surface area contributed by atoms with E-state index in [0.717, 1.165) is 11.3 Å². The molecule has 2 N–H and O–H groups in total. The second kappa shape index (κ2) is 13.4. The normalized spacial score (nSPS) is 17.3. The van der Waals surface area contributed by atoms with Gasteiger partial charge in [0.2, 0.25) is 5.91 Å². The Hall–Kier alpha value is -2.89. The largest absolute Gasteiger partial charge is 0.528 e. The van der Waals surface area contributed by atoms with Crippen LogP contribution in [0.3, 0.4) is 0 Å². The van der Waals surface area contributed by atoms with Crippen molar-refractivity contribution in [3.8, 4) is 5.75 Å². The van der Waals surface area contributed by atoms with Gasteiger partial charge >= 0.3 is 6.16 Å². The molecule has 1 aliphatic rings. The van der Waals surface area contributed by atoms with Crippen molar-refractivity contribution in [3.63, 3.8) is 0 Å². The summed E-state index contributed by atoms with van der Waals surface area (Å²) in [4.78, 5) is 44.2. The van der Waals surface area contributed by atoms with Crippen molar-refractivity contribution in [2.75, 3.05) is 26.2 Å². The van der Waals surface area contributed by atoms with Crippen molar-refractivity contribution in [2.24, 2.45) is 5.92 Å². The maximum atomic E-state index is 13.3. The molecule has 0 radical (unpaired) electrons. The molecule has 202 valence electrons. The van der Waals surface area contributed by atoms with E-state index in [4.69, 9.17) is 24.7 Å². The number of aryl methyl sites for hydroxylation is 1. The molecular formula is C25H39N3O8. The number of nitrogens with zero attached hydrogens (tertiary/aromatic N) is 3. The van der Waals surface area contributed by atoms with Gasteiger partial charge in [-0.3, -0.25) is 20.0 Å². The molecule has 1 aromatic rings. The third-order valence-corrected chi connectivity index (χ3v) is 5.71. The highest BCUT2D eigenvalue weighted by molar-refractivity contribution is 5.85. The minimum absolute atomic E-state index is 0.249. The lowest BCUT2D eigenvalue weighted by molar-refractivity contribution is -0.285. The third kappa shape index (κ3) is 9.63. The zero-order valence-corrected chi connectivity index (χ0v) is 21.8. The number of carbonyl (C=O) groups excluding carboxylic acids is 3. The van der Waals surface area contributed by atoms with E-state index in [9.17, 15) is 14.4 Å². The molecule has 1 heterocycles. The molecule has 1 aromatic carbocycles. The quantitative estimate of drug-likeness (QED) is 0.277. The second-order valence-corrected chi connectivity index (χ2v) is 9.88. The van der Waals surface area contributed by atoms with Crippen LogP contribution in [0.4, 0.5) is 4.79 Å². The fourth-order valence-corrected chi connectivity index (χ4v) is 3.98. The highest BCUT2D eigenvalue weighted by Crippen LogP contribution is 2.22. The third-order valence-electron chi connectivity index (χ3n) is 5.71. The van der Waals surface area contributed by atoms with Gasteiger partial charge in [-0.05, 0) is 71.6 Å². The Bertz CT molecular complexity index is 869. The molecule has 2 amide bonds.